The van der Waals surface area contributed by atoms with E-state index >= 15 is 0 Å². The van der Waals surface area contributed by atoms with Crippen molar-refractivity contribution < 1.29 is 9.53 Å². The Kier molecular flexibility index (Phi) is 3.35. The zero-order valence-corrected chi connectivity index (χ0v) is 11.6. The van der Waals surface area contributed by atoms with Crippen LogP contribution in [0.5, 0.6) is 5.75 Å². The van der Waals surface area contributed by atoms with Crippen molar-refractivity contribution in [3.63, 3.8) is 0 Å². The van der Waals surface area contributed by atoms with Crippen LogP contribution in [0.15, 0.2) is 52.5 Å². The van der Waals surface area contributed by atoms with Gasteiger partial charge in [0.2, 0.25) is 0 Å². The minimum atomic E-state index is -0.184. The molecule has 0 spiro atoms. The van der Waals surface area contributed by atoms with Gasteiger partial charge in [0.1, 0.15) is 17.3 Å². The lowest BCUT2D eigenvalue weighted by molar-refractivity contribution is -0.115. The predicted molar refractivity (Wildman–Crippen MR) is 80.0 cm³/mol. The first-order chi connectivity index (χ1) is 9.76. The standard InChI is InChI=1S/C15H12N2O2S/c1-19-11-5-2-4-10(8-11)14-16-13(15(18)17-14)9-12-6-3-7-20-12/h2-9H,1H3,(H,16,17,18)/b13-9+. The zero-order valence-electron chi connectivity index (χ0n) is 10.8. The van der Waals surface area contributed by atoms with Gasteiger partial charge < -0.3 is 10.1 Å². The van der Waals surface area contributed by atoms with Crippen LogP contribution in [-0.2, 0) is 4.79 Å². The number of carbonyl (C=O) groups is 1. The number of ether oxygens (including phenoxy) is 1. The van der Waals surface area contributed by atoms with Gasteiger partial charge in [-0.3, -0.25) is 4.79 Å². The van der Waals surface area contributed by atoms with Crippen molar-refractivity contribution in [2.24, 2.45) is 4.99 Å². The fourth-order valence-corrected chi connectivity index (χ4v) is 2.53. The van der Waals surface area contributed by atoms with E-state index in [0.717, 1.165) is 16.2 Å². The number of aliphatic imine (C=N–C) groups is 1. The van der Waals surface area contributed by atoms with Crippen LogP contribution in [0.1, 0.15) is 10.4 Å². The van der Waals surface area contributed by atoms with Gasteiger partial charge in [0.15, 0.2) is 0 Å². The minimum absolute atomic E-state index is 0.184. The third-order valence-corrected chi connectivity index (χ3v) is 3.68. The highest BCUT2D eigenvalue weighted by Crippen LogP contribution is 2.19. The van der Waals surface area contributed by atoms with Crippen LogP contribution < -0.4 is 10.1 Å². The molecule has 2 heterocycles. The molecule has 0 fully saturated rings. The number of hydrogen-bond acceptors (Lipinski definition) is 4. The van der Waals surface area contributed by atoms with Crippen molar-refractivity contribution in [3.8, 4) is 5.75 Å². The van der Waals surface area contributed by atoms with Gasteiger partial charge in [-0.15, -0.1) is 11.3 Å². The normalized spacial score (nSPS) is 16.1. The third-order valence-electron chi connectivity index (χ3n) is 2.86. The second-order valence-corrected chi connectivity index (χ2v) is 5.17. The third kappa shape index (κ3) is 2.48. The Bertz CT molecular complexity index is 702. The molecular formula is C15H12N2O2S. The maximum absolute atomic E-state index is 11.9. The molecule has 4 nitrogen and oxygen atoms in total. The SMILES string of the molecule is COc1cccc(C2=N/C(=C/c3cccs3)C(=O)N2)c1. The van der Waals surface area contributed by atoms with E-state index in [1.54, 1.807) is 24.5 Å². The van der Waals surface area contributed by atoms with Gasteiger partial charge in [0, 0.05) is 10.4 Å². The highest BCUT2D eigenvalue weighted by atomic mass is 32.1. The van der Waals surface area contributed by atoms with Crippen molar-refractivity contribution in [2.45, 2.75) is 0 Å². The first-order valence-corrected chi connectivity index (χ1v) is 6.94. The molecule has 20 heavy (non-hydrogen) atoms. The lowest BCUT2D eigenvalue weighted by Gasteiger charge is -2.03. The Hall–Kier alpha value is -2.40. The molecular weight excluding hydrogens is 272 g/mol. The number of nitrogens with zero attached hydrogens (tertiary/aromatic N) is 1. The molecule has 1 aromatic heterocycles. The highest BCUT2D eigenvalue weighted by molar-refractivity contribution is 7.10. The lowest BCUT2D eigenvalue weighted by Crippen LogP contribution is -2.24. The van der Waals surface area contributed by atoms with E-state index in [1.165, 1.54) is 0 Å². The number of benzene rings is 1. The quantitative estimate of drug-likeness (QED) is 0.881. The number of rotatable bonds is 3. The molecule has 0 atom stereocenters. The Morgan fingerprint density at radius 2 is 2.20 bits per heavy atom. The molecule has 0 saturated heterocycles. The summed E-state index contributed by atoms with van der Waals surface area (Å²) in [5.41, 5.74) is 1.25. The monoisotopic (exact) mass is 284 g/mol. The summed E-state index contributed by atoms with van der Waals surface area (Å²) in [6.07, 6.45) is 1.78. The summed E-state index contributed by atoms with van der Waals surface area (Å²) in [4.78, 5) is 17.3. The number of methoxy groups -OCH3 is 1. The Labute approximate surface area is 120 Å². The van der Waals surface area contributed by atoms with Gasteiger partial charge in [-0.1, -0.05) is 18.2 Å². The van der Waals surface area contributed by atoms with E-state index in [2.05, 4.69) is 10.3 Å². The summed E-state index contributed by atoms with van der Waals surface area (Å²) in [6, 6.07) is 11.3. The van der Waals surface area contributed by atoms with Crippen molar-refractivity contribution in [1.82, 2.24) is 5.32 Å². The molecule has 1 aliphatic rings. The summed E-state index contributed by atoms with van der Waals surface area (Å²) in [7, 11) is 1.61. The van der Waals surface area contributed by atoms with Crippen molar-refractivity contribution >= 4 is 29.2 Å². The number of carbonyl (C=O) groups excluding carboxylic acids is 1. The van der Waals surface area contributed by atoms with Crippen LogP contribution in [0.25, 0.3) is 6.08 Å². The predicted octanol–water partition coefficient (Wildman–Crippen LogP) is 2.67. The summed E-state index contributed by atoms with van der Waals surface area (Å²) in [5, 5.41) is 4.74. The molecule has 100 valence electrons. The average molecular weight is 284 g/mol. The van der Waals surface area contributed by atoms with Crippen LogP contribution >= 0.6 is 11.3 Å². The van der Waals surface area contributed by atoms with Gasteiger partial charge in [0.05, 0.1) is 7.11 Å². The van der Waals surface area contributed by atoms with Crippen LogP contribution in [0.3, 0.4) is 0 Å². The lowest BCUT2D eigenvalue weighted by atomic mass is 10.2. The summed E-state index contributed by atoms with van der Waals surface area (Å²) in [5.74, 6) is 1.10. The van der Waals surface area contributed by atoms with E-state index in [4.69, 9.17) is 4.74 Å². The van der Waals surface area contributed by atoms with Gasteiger partial charge in [0.25, 0.3) is 5.91 Å². The smallest absolute Gasteiger partial charge is 0.275 e. The fourth-order valence-electron chi connectivity index (χ4n) is 1.88. The Morgan fingerprint density at radius 3 is 2.95 bits per heavy atom. The van der Waals surface area contributed by atoms with Crippen LogP contribution in [0.2, 0.25) is 0 Å². The largest absolute Gasteiger partial charge is 0.497 e. The molecule has 1 aliphatic heterocycles. The molecule has 0 aliphatic carbocycles. The topological polar surface area (TPSA) is 50.7 Å². The number of hydrogen-bond donors (Lipinski definition) is 1. The second-order valence-electron chi connectivity index (χ2n) is 4.19. The number of amides is 1. The molecule has 0 bridgehead atoms. The molecule has 5 heteroatoms. The molecule has 0 saturated carbocycles. The molecule has 1 aromatic carbocycles. The van der Waals surface area contributed by atoms with Crippen LogP contribution in [0.4, 0.5) is 0 Å². The van der Waals surface area contributed by atoms with Gasteiger partial charge in [-0.25, -0.2) is 4.99 Å². The Morgan fingerprint density at radius 1 is 1.30 bits per heavy atom. The minimum Gasteiger partial charge on any atom is -0.497 e. The van der Waals surface area contributed by atoms with E-state index in [-0.39, 0.29) is 5.91 Å². The van der Waals surface area contributed by atoms with Gasteiger partial charge in [-0.05, 0) is 29.7 Å². The average Bonchev–Trinajstić information content (AvgIpc) is 3.10. The van der Waals surface area contributed by atoms with Gasteiger partial charge >= 0.3 is 0 Å². The van der Waals surface area contributed by atoms with Crippen LogP contribution in [-0.4, -0.2) is 18.9 Å². The van der Waals surface area contributed by atoms with Crippen molar-refractivity contribution in [3.05, 3.63) is 57.9 Å². The van der Waals surface area contributed by atoms with Gasteiger partial charge in [-0.2, -0.15) is 0 Å². The van der Waals surface area contributed by atoms with E-state index in [9.17, 15) is 4.79 Å². The number of thiophene rings is 1. The molecule has 1 N–H and O–H groups in total. The highest BCUT2D eigenvalue weighted by Gasteiger charge is 2.21. The fraction of sp³-hybridized carbons (Fsp3) is 0.0667. The first kappa shape index (κ1) is 12.6. The zero-order chi connectivity index (χ0) is 13.9. The first-order valence-electron chi connectivity index (χ1n) is 6.06. The summed E-state index contributed by atoms with van der Waals surface area (Å²) >= 11 is 1.57. The van der Waals surface area contributed by atoms with E-state index in [1.807, 2.05) is 41.8 Å². The van der Waals surface area contributed by atoms with Crippen molar-refractivity contribution in [2.75, 3.05) is 7.11 Å². The summed E-state index contributed by atoms with van der Waals surface area (Å²) in [6.45, 7) is 0. The molecule has 3 rings (SSSR count). The molecule has 0 radical (unpaired) electrons. The number of amidine groups is 1. The van der Waals surface area contributed by atoms with E-state index < -0.39 is 0 Å². The summed E-state index contributed by atoms with van der Waals surface area (Å²) < 4.78 is 5.17. The number of nitrogens with one attached hydrogen (secondary N) is 1. The maximum atomic E-state index is 11.9. The molecule has 2 aromatic rings. The Balaban J connectivity index is 1.93. The van der Waals surface area contributed by atoms with Crippen molar-refractivity contribution in [1.29, 1.82) is 0 Å². The second kappa shape index (κ2) is 5.30. The van der Waals surface area contributed by atoms with E-state index in [0.29, 0.717) is 11.5 Å². The molecule has 1 amide bonds. The maximum Gasteiger partial charge on any atom is 0.275 e. The molecule has 0 unspecified atom stereocenters. The van der Waals surface area contributed by atoms with Crippen LogP contribution in [0, 0.1) is 0 Å².